The molecule has 1 aromatic rings. The molecule has 2 unspecified atom stereocenters. The number of hydrogen-bond acceptors (Lipinski definition) is 3. The van der Waals surface area contributed by atoms with E-state index in [1.807, 2.05) is 37.3 Å². The fraction of sp³-hybridized carbons (Fsp3) is 0.467. The van der Waals surface area contributed by atoms with Gasteiger partial charge in [-0.1, -0.05) is 30.3 Å². The monoisotopic (exact) mass is 276 g/mol. The first-order chi connectivity index (χ1) is 9.51. The summed E-state index contributed by atoms with van der Waals surface area (Å²) < 4.78 is 5.14. The molecule has 1 aliphatic heterocycles. The molecule has 1 heterocycles. The molecule has 20 heavy (non-hydrogen) atoms. The van der Waals surface area contributed by atoms with Gasteiger partial charge < -0.3 is 15.0 Å². The third kappa shape index (κ3) is 2.29. The van der Waals surface area contributed by atoms with E-state index in [0.29, 0.717) is 6.61 Å². The molecule has 0 aliphatic carbocycles. The molecule has 0 aromatic heterocycles. The van der Waals surface area contributed by atoms with Gasteiger partial charge in [0.2, 0.25) is 5.91 Å². The maximum atomic E-state index is 12.4. The summed E-state index contributed by atoms with van der Waals surface area (Å²) in [6.07, 6.45) is 0. The Kier molecular flexibility index (Phi) is 4.09. The van der Waals surface area contributed by atoms with Gasteiger partial charge in [0.15, 0.2) is 0 Å². The number of nitrogens with one attached hydrogen (secondary N) is 1. The van der Waals surface area contributed by atoms with Crippen molar-refractivity contribution < 1.29 is 14.3 Å². The summed E-state index contributed by atoms with van der Waals surface area (Å²) in [5.41, 5.74) is -0.206. The van der Waals surface area contributed by atoms with Crippen molar-refractivity contribution >= 4 is 11.8 Å². The van der Waals surface area contributed by atoms with Crippen molar-refractivity contribution in [1.29, 1.82) is 0 Å². The number of benzene rings is 1. The van der Waals surface area contributed by atoms with Crippen LogP contribution in [-0.4, -0.2) is 43.0 Å². The van der Waals surface area contributed by atoms with E-state index in [2.05, 4.69) is 5.32 Å². The van der Waals surface area contributed by atoms with Gasteiger partial charge in [-0.2, -0.15) is 0 Å². The zero-order valence-electron chi connectivity index (χ0n) is 12.1. The van der Waals surface area contributed by atoms with E-state index in [0.717, 1.165) is 5.56 Å². The molecule has 0 radical (unpaired) electrons. The fourth-order valence-electron chi connectivity index (χ4n) is 2.81. The predicted octanol–water partition coefficient (Wildman–Crippen LogP) is 0.895. The minimum atomic E-state index is -1.01. The smallest absolute Gasteiger partial charge is 0.250 e. The summed E-state index contributed by atoms with van der Waals surface area (Å²) in [6.45, 7) is 4.10. The maximum absolute atomic E-state index is 12.4. The lowest BCUT2D eigenvalue weighted by atomic mass is 9.86. The van der Waals surface area contributed by atoms with Gasteiger partial charge in [-0.3, -0.25) is 9.59 Å². The minimum Gasteiger partial charge on any atom is -0.383 e. The highest BCUT2D eigenvalue weighted by Crippen LogP contribution is 2.32. The Morgan fingerprint density at radius 1 is 1.35 bits per heavy atom. The van der Waals surface area contributed by atoms with Crippen LogP contribution in [0.2, 0.25) is 0 Å². The van der Waals surface area contributed by atoms with Gasteiger partial charge in [0, 0.05) is 7.11 Å². The van der Waals surface area contributed by atoms with E-state index in [1.165, 1.54) is 0 Å². The summed E-state index contributed by atoms with van der Waals surface area (Å²) in [4.78, 5) is 26.4. The third-order valence-corrected chi connectivity index (χ3v) is 3.78. The summed E-state index contributed by atoms with van der Waals surface area (Å²) in [6, 6.07) is 9.18. The number of carbonyl (C=O) groups is 2. The first-order valence-corrected chi connectivity index (χ1v) is 6.66. The summed E-state index contributed by atoms with van der Waals surface area (Å²) >= 11 is 0. The highest BCUT2D eigenvalue weighted by molar-refractivity contribution is 5.98. The zero-order chi connectivity index (χ0) is 14.8. The molecule has 1 saturated heterocycles. The Labute approximate surface area is 118 Å². The van der Waals surface area contributed by atoms with Gasteiger partial charge in [-0.05, 0) is 19.4 Å². The highest BCUT2D eigenvalue weighted by Gasteiger charge is 2.48. The Balaban J connectivity index is 2.48. The number of nitrogens with zero attached hydrogens (tertiary/aromatic N) is 1. The molecule has 1 aliphatic rings. The van der Waals surface area contributed by atoms with E-state index in [1.54, 1.807) is 18.9 Å². The molecule has 0 bridgehead atoms. The van der Waals surface area contributed by atoms with Crippen molar-refractivity contribution in [1.82, 2.24) is 10.2 Å². The SMILES string of the molecule is COCC(C)N1C(=O)CNC(=O)C1(C)c1ccccc1. The van der Waals surface area contributed by atoms with Crippen molar-refractivity contribution in [3.63, 3.8) is 0 Å². The Morgan fingerprint density at radius 3 is 2.60 bits per heavy atom. The molecule has 1 aromatic carbocycles. The van der Waals surface area contributed by atoms with E-state index >= 15 is 0 Å². The summed E-state index contributed by atoms with van der Waals surface area (Å²) in [5, 5.41) is 2.68. The minimum absolute atomic E-state index is 0.0370. The van der Waals surface area contributed by atoms with Crippen molar-refractivity contribution in [2.45, 2.75) is 25.4 Å². The molecular formula is C15H20N2O3. The van der Waals surface area contributed by atoms with Gasteiger partial charge in [-0.25, -0.2) is 0 Å². The first-order valence-electron chi connectivity index (χ1n) is 6.66. The van der Waals surface area contributed by atoms with Crippen molar-refractivity contribution in [2.24, 2.45) is 0 Å². The molecule has 2 atom stereocenters. The van der Waals surface area contributed by atoms with Gasteiger partial charge in [0.25, 0.3) is 5.91 Å². The van der Waals surface area contributed by atoms with Crippen molar-refractivity contribution in [3.05, 3.63) is 35.9 Å². The van der Waals surface area contributed by atoms with Crippen molar-refractivity contribution in [3.8, 4) is 0 Å². The zero-order valence-corrected chi connectivity index (χ0v) is 12.1. The van der Waals surface area contributed by atoms with Gasteiger partial charge in [0.1, 0.15) is 5.54 Å². The van der Waals surface area contributed by atoms with Crippen LogP contribution in [-0.2, 0) is 19.9 Å². The summed E-state index contributed by atoms with van der Waals surface area (Å²) in [5.74, 6) is -0.258. The van der Waals surface area contributed by atoms with Crippen LogP contribution in [0.5, 0.6) is 0 Å². The van der Waals surface area contributed by atoms with Crippen LogP contribution < -0.4 is 5.32 Å². The largest absolute Gasteiger partial charge is 0.383 e. The van der Waals surface area contributed by atoms with Gasteiger partial charge in [-0.15, -0.1) is 0 Å². The number of hydrogen-bond donors (Lipinski definition) is 1. The average molecular weight is 276 g/mol. The second-order valence-corrected chi connectivity index (χ2v) is 5.19. The van der Waals surface area contributed by atoms with Crippen LogP contribution in [0.4, 0.5) is 0 Å². The number of ether oxygens (including phenoxy) is 1. The standard InChI is InChI=1S/C15H20N2O3/c1-11(10-20-3)17-13(18)9-16-14(19)15(17,2)12-7-5-4-6-8-12/h4-8,11H,9-10H2,1-3H3,(H,16,19). The van der Waals surface area contributed by atoms with Gasteiger partial charge in [0.05, 0.1) is 19.2 Å². The molecule has 108 valence electrons. The molecule has 5 nitrogen and oxygen atoms in total. The molecule has 2 rings (SSSR count). The van der Waals surface area contributed by atoms with E-state index in [9.17, 15) is 9.59 Å². The van der Waals surface area contributed by atoms with E-state index < -0.39 is 5.54 Å². The van der Waals surface area contributed by atoms with Crippen LogP contribution in [0.25, 0.3) is 0 Å². The van der Waals surface area contributed by atoms with Crippen LogP contribution in [0.15, 0.2) is 30.3 Å². The van der Waals surface area contributed by atoms with E-state index in [4.69, 9.17) is 4.74 Å². The molecule has 0 saturated carbocycles. The number of carbonyl (C=O) groups excluding carboxylic acids is 2. The highest BCUT2D eigenvalue weighted by atomic mass is 16.5. The fourth-order valence-corrected chi connectivity index (χ4v) is 2.81. The normalized spacial score (nSPS) is 24.4. The van der Waals surface area contributed by atoms with Gasteiger partial charge >= 0.3 is 0 Å². The topological polar surface area (TPSA) is 58.6 Å². The predicted molar refractivity (Wildman–Crippen MR) is 75.0 cm³/mol. The number of amides is 2. The number of rotatable bonds is 4. The Morgan fingerprint density at radius 2 is 2.00 bits per heavy atom. The van der Waals surface area contributed by atoms with Crippen molar-refractivity contribution in [2.75, 3.05) is 20.3 Å². The molecule has 5 heteroatoms. The van der Waals surface area contributed by atoms with E-state index in [-0.39, 0.29) is 24.4 Å². The number of methoxy groups -OCH3 is 1. The van der Waals surface area contributed by atoms with Crippen LogP contribution in [0.1, 0.15) is 19.4 Å². The van der Waals surface area contributed by atoms with Crippen LogP contribution in [0, 0.1) is 0 Å². The van der Waals surface area contributed by atoms with Crippen LogP contribution in [0.3, 0.4) is 0 Å². The molecule has 1 fully saturated rings. The molecular weight excluding hydrogens is 256 g/mol. The maximum Gasteiger partial charge on any atom is 0.250 e. The molecule has 0 spiro atoms. The third-order valence-electron chi connectivity index (χ3n) is 3.78. The second kappa shape index (κ2) is 5.63. The lowest BCUT2D eigenvalue weighted by Crippen LogP contribution is -2.66. The first kappa shape index (κ1) is 14.5. The quantitative estimate of drug-likeness (QED) is 0.888. The Hall–Kier alpha value is -1.88. The average Bonchev–Trinajstić information content (AvgIpc) is 2.44. The summed E-state index contributed by atoms with van der Waals surface area (Å²) in [7, 11) is 1.59. The Bertz CT molecular complexity index is 503. The lowest BCUT2D eigenvalue weighted by molar-refractivity contribution is -0.158. The molecule has 1 N–H and O–H groups in total. The lowest BCUT2D eigenvalue weighted by Gasteiger charge is -2.46. The molecule has 2 amide bonds. The van der Waals surface area contributed by atoms with Crippen LogP contribution >= 0.6 is 0 Å². The second-order valence-electron chi connectivity index (χ2n) is 5.19. The number of piperazine rings is 1.